The SMILES string of the molecule is Cc1cn2nc(NCc3ccc(CO)c(F)c3)sc2n1. The average molecular weight is 292 g/mol. The molecule has 0 atom stereocenters. The summed E-state index contributed by atoms with van der Waals surface area (Å²) in [5.41, 5.74) is 2.03. The lowest BCUT2D eigenvalue weighted by molar-refractivity contribution is 0.275. The van der Waals surface area contributed by atoms with Gasteiger partial charge in [0.1, 0.15) is 5.82 Å². The summed E-state index contributed by atoms with van der Waals surface area (Å²) in [4.78, 5) is 5.14. The second-order valence-corrected chi connectivity index (χ2v) is 5.41. The number of benzene rings is 1. The zero-order valence-electron chi connectivity index (χ0n) is 10.8. The van der Waals surface area contributed by atoms with E-state index in [1.807, 2.05) is 13.1 Å². The van der Waals surface area contributed by atoms with Crippen LogP contribution in [0.2, 0.25) is 0 Å². The minimum Gasteiger partial charge on any atom is -0.392 e. The van der Waals surface area contributed by atoms with Crippen molar-refractivity contribution >= 4 is 21.4 Å². The lowest BCUT2D eigenvalue weighted by Crippen LogP contribution is -2.01. The van der Waals surface area contributed by atoms with Crippen LogP contribution in [0.3, 0.4) is 0 Å². The summed E-state index contributed by atoms with van der Waals surface area (Å²) in [5, 5.41) is 17.1. The highest BCUT2D eigenvalue weighted by atomic mass is 32.1. The van der Waals surface area contributed by atoms with Gasteiger partial charge in [-0.3, -0.25) is 0 Å². The van der Waals surface area contributed by atoms with Gasteiger partial charge in [0.2, 0.25) is 10.1 Å². The predicted octanol–water partition coefficient (Wildman–Crippen LogP) is 2.34. The van der Waals surface area contributed by atoms with E-state index in [9.17, 15) is 4.39 Å². The quantitative estimate of drug-likeness (QED) is 0.775. The molecule has 0 fully saturated rings. The largest absolute Gasteiger partial charge is 0.392 e. The topological polar surface area (TPSA) is 62.5 Å². The Balaban J connectivity index is 1.72. The molecule has 3 rings (SSSR count). The number of aliphatic hydroxyl groups is 1. The summed E-state index contributed by atoms with van der Waals surface area (Å²) < 4.78 is 15.2. The Kier molecular flexibility index (Phi) is 3.37. The Morgan fingerprint density at radius 3 is 3.00 bits per heavy atom. The van der Waals surface area contributed by atoms with Crippen LogP contribution in [-0.2, 0) is 13.2 Å². The number of rotatable bonds is 4. The maximum absolute atomic E-state index is 13.5. The second-order valence-electron chi connectivity index (χ2n) is 4.45. The maximum Gasteiger partial charge on any atom is 0.214 e. The van der Waals surface area contributed by atoms with Crippen molar-refractivity contribution in [2.24, 2.45) is 0 Å². The molecule has 0 aliphatic rings. The molecule has 0 bridgehead atoms. The van der Waals surface area contributed by atoms with Gasteiger partial charge >= 0.3 is 0 Å². The normalized spacial score (nSPS) is 11.2. The molecule has 3 aromatic rings. The van der Waals surface area contributed by atoms with Crippen molar-refractivity contribution in [2.45, 2.75) is 20.1 Å². The molecule has 0 unspecified atom stereocenters. The molecular formula is C13H13FN4OS. The first-order valence-corrected chi connectivity index (χ1v) is 6.92. The van der Waals surface area contributed by atoms with Gasteiger partial charge in [-0.2, -0.15) is 0 Å². The van der Waals surface area contributed by atoms with Crippen molar-refractivity contribution in [2.75, 3.05) is 5.32 Å². The van der Waals surface area contributed by atoms with Crippen LogP contribution in [0.5, 0.6) is 0 Å². The third-order valence-electron chi connectivity index (χ3n) is 2.90. The van der Waals surface area contributed by atoms with E-state index in [1.165, 1.54) is 17.4 Å². The number of nitrogens with zero attached hydrogens (tertiary/aromatic N) is 3. The van der Waals surface area contributed by atoms with Gasteiger partial charge in [-0.25, -0.2) is 13.9 Å². The average Bonchev–Trinajstić information content (AvgIpc) is 2.93. The number of hydrogen-bond acceptors (Lipinski definition) is 5. The molecule has 0 aliphatic heterocycles. The molecule has 1 aromatic carbocycles. The molecular weight excluding hydrogens is 279 g/mol. The molecule has 5 nitrogen and oxygen atoms in total. The maximum atomic E-state index is 13.5. The predicted molar refractivity (Wildman–Crippen MR) is 75.3 cm³/mol. The molecule has 20 heavy (non-hydrogen) atoms. The third-order valence-corrected chi connectivity index (χ3v) is 3.78. The Bertz CT molecular complexity index is 720. The van der Waals surface area contributed by atoms with Gasteiger partial charge in [0.15, 0.2) is 0 Å². The van der Waals surface area contributed by atoms with E-state index in [0.29, 0.717) is 12.1 Å². The van der Waals surface area contributed by atoms with Gasteiger partial charge in [-0.15, -0.1) is 5.10 Å². The smallest absolute Gasteiger partial charge is 0.214 e. The van der Waals surface area contributed by atoms with Crippen molar-refractivity contribution in [1.82, 2.24) is 14.6 Å². The molecule has 2 aromatic heterocycles. The van der Waals surface area contributed by atoms with Crippen LogP contribution in [0.25, 0.3) is 4.96 Å². The van der Waals surface area contributed by atoms with Crippen LogP contribution in [0.1, 0.15) is 16.8 Å². The van der Waals surface area contributed by atoms with Gasteiger partial charge < -0.3 is 10.4 Å². The number of aryl methyl sites for hydroxylation is 1. The summed E-state index contributed by atoms with van der Waals surface area (Å²) in [7, 11) is 0. The zero-order valence-corrected chi connectivity index (χ0v) is 11.6. The number of fused-ring (bicyclic) bond motifs is 1. The summed E-state index contributed by atoms with van der Waals surface area (Å²) in [6, 6.07) is 4.79. The first kappa shape index (κ1) is 13.0. The number of halogens is 1. The minimum atomic E-state index is -0.392. The number of anilines is 1. The van der Waals surface area contributed by atoms with E-state index in [4.69, 9.17) is 5.11 Å². The van der Waals surface area contributed by atoms with Gasteiger partial charge in [-0.05, 0) is 18.6 Å². The molecule has 2 N–H and O–H groups in total. The van der Waals surface area contributed by atoms with Crippen LogP contribution in [0, 0.1) is 12.7 Å². The van der Waals surface area contributed by atoms with Crippen LogP contribution in [0.15, 0.2) is 24.4 Å². The van der Waals surface area contributed by atoms with Crippen molar-refractivity contribution in [3.05, 3.63) is 47.0 Å². The first-order chi connectivity index (χ1) is 9.65. The summed E-state index contributed by atoms with van der Waals surface area (Å²) in [6.45, 7) is 2.10. The van der Waals surface area contributed by atoms with Crippen LogP contribution >= 0.6 is 11.3 Å². The first-order valence-electron chi connectivity index (χ1n) is 6.10. The highest BCUT2D eigenvalue weighted by molar-refractivity contribution is 7.20. The monoisotopic (exact) mass is 292 g/mol. The summed E-state index contributed by atoms with van der Waals surface area (Å²) in [5.74, 6) is -0.392. The minimum absolute atomic E-state index is 0.289. The van der Waals surface area contributed by atoms with Crippen molar-refractivity contribution in [3.8, 4) is 0 Å². The molecule has 0 saturated carbocycles. The lowest BCUT2D eigenvalue weighted by Gasteiger charge is -2.05. The Hall–Kier alpha value is -1.99. The standard InChI is InChI=1S/C13H13FN4OS/c1-8-6-18-13(16-8)20-12(17-18)15-5-9-2-3-10(7-19)11(14)4-9/h2-4,6,19H,5,7H2,1H3,(H,15,17). The van der Waals surface area contributed by atoms with Crippen molar-refractivity contribution in [1.29, 1.82) is 0 Å². The summed E-state index contributed by atoms with van der Waals surface area (Å²) in [6.07, 6.45) is 1.85. The number of nitrogens with one attached hydrogen (secondary N) is 1. The van der Waals surface area contributed by atoms with Crippen LogP contribution < -0.4 is 5.32 Å². The number of aromatic nitrogens is 3. The van der Waals surface area contributed by atoms with Gasteiger partial charge in [-0.1, -0.05) is 23.5 Å². The lowest BCUT2D eigenvalue weighted by atomic mass is 10.1. The molecule has 104 valence electrons. The van der Waals surface area contributed by atoms with E-state index in [-0.39, 0.29) is 6.61 Å². The zero-order chi connectivity index (χ0) is 14.1. The Morgan fingerprint density at radius 1 is 1.45 bits per heavy atom. The number of aliphatic hydroxyl groups excluding tert-OH is 1. The van der Waals surface area contributed by atoms with Crippen molar-refractivity contribution < 1.29 is 9.50 Å². The molecule has 0 radical (unpaired) electrons. The Labute approximate surface area is 118 Å². The Morgan fingerprint density at radius 2 is 2.30 bits per heavy atom. The van der Waals surface area contributed by atoms with Gasteiger partial charge in [0.05, 0.1) is 18.5 Å². The fourth-order valence-electron chi connectivity index (χ4n) is 1.89. The molecule has 0 saturated heterocycles. The number of imidazole rings is 1. The highest BCUT2D eigenvalue weighted by Gasteiger charge is 2.07. The van der Waals surface area contributed by atoms with E-state index in [2.05, 4.69) is 15.4 Å². The molecule has 0 amide bonds. The van der Waals surface area contributed by atoms with E-state index >= 15 is 0 Å². The van der Waals surface area contributed by atoms with E-state index in [1.54, 1.807) is 16.6 Å². The van der Waals surface area contributed by atoms with E-state index < -0.39 is 5.82 Å². The highest BCUT2D eigenvalue weighted by Crippen LogP contribution is 2.20. The van der Waals surface area contributed by atoms with Crippen LogP contribution in [-0.4, -0.2) is 19.7 Å². The molecule has 2 heterocycles. The molecule has 0 aliphatic carbocycles. The van der Waals surface area contributed by atoms with Gasteiger partial charge in [0, 0.05) is 12.1 Å². The van der Waals surface area contributed by atoms with Crippen molar-refractivity contribution in [3.63, 3.8) is 0 Å². The third kappa shape index (κ3) is 2.50. The molecule has 7 heteroatoms. The molecule has 0 spiro atoms. The second kappa shape index (κ2) is 5.18. The van der Waals surface area contributed by atoms with Gasteiger partial charge in [0.25, 0.3) is 0 Å². The van der Waals surface area contributed by atoms with Crippen LogP contribution in [0.4, 0.5) is 9.52 Å². The fourth-order valence-corrected chi connectivity index (χ4v) is 2.71. The summed E-state index contributed by atoms with van der Waals surface area (Å²) >= 11 is 1.45. The fraction of sp³-hybridized carbons (Fsp3) is 0.231. The van der Waals surface area contributed by atoms with E-state index in [0.717, 1.165) is 21.3 Å². The number of hydrogen-bond donors (Lipinski definition) is 2.